The van der Waals surface area contributed by atoms with E-state index < -0.39 is 0 Å². The minimum Gasteiger partial charge on any atom is -0.507 e. The van der Waals surface area contributed by atoms with Crippen molar-refractivity contribution in [2.45, 2.75) is 13.8 Å². The van der Waals surface area contributed by atoms with E-state index in [9.17, 15) is 9.90 Å². The molecule has 0 atom stereocenters. The summed E-state index contributed by atoms with van der Waals surface area (Å²) in [7, 11) is 0. The number of nitrogens with zero attached hydrogens (tertiary/aromatic N) is 1. The fraction of sp³-hybridized carbons (Fsp3) is 0.125. The van der Waals surface area contributed by atoms with Crippen molar-refractivity contribution in [1.82, 2.24) is 4.98 Å². The molecule has 1 N–H and O–H groups in total. The molecule has 0 radical (unpaired) electrons. The van der Waals surface area contributed by atoms with Crippen molar-refractivity contribution in [3.8, 4) is 17.2 Å². The monoisotopic (exact) mass is 267 g/mol. The lowest BCUT2D eigenvalue weighted by Gasteiger charge is -2.05. The van der Waals surface area contributed by atoms with Crippen molar-refractivity contribution in [2.75, 3.05) is 0 Å². The first-order valence-electron chi connectivity index (χ1n) is 6.26. The van der Waals surface area contributed by atoms with Crippen LogP contribution < -0.4 is 5.56 Å². The lowest BCUT2D eigenvalue weighted by Crippen LogP contribution is -2.07. The van der Waals surface area contributed by atoms with Gasteiger partial charge in [0.2, 0.25) is 5.89 Å². The van der Waals surface area contributed by atoms with Crippen molar-refractivity contribution in [3.05, 3.63) is 57.9 Å². The summed E-state index contributed by atoms with van der Waals surface area (Å²) in [5.74, 6) is 0.172. The van der Waals surface area contributed by atoms with Gasteiger partial charge in [-0.3, -0.25) is 4.79 Å². The van der Waals surface area contributed by atoms with Gasteiger partial charge in [-0.1, -0.05) is 23.3 Å². The van der Waals surface area contributed by atoms with E-state index in [1.54, 1.807) is 30.3 Å². The molecular weight excluding hydrogens is 254 g/mol. The fourth-order valence-electron chi connectivity index (χ4n) is 2.12. The molecule has 0 unspecified atom stereocenters. The van der Waals surface area contributed by atoms with Crippen LogP contribution in [-0.2, 0) is 0 Å². The number of hydrogen-bond donors (Lipinski definition) is 1. The predicted molar refractivity (Wildman–Crippen MR) is 76.9 cm³/mol. The molecule has 3 rings (SSSR count). The molecule has 4 nitrogen and oxygen atoms in total. The topological polar surface area (TPSA) is 63.3 Å². The van der Waals surface area contributed by atoms with Gasteiger partial charge in [0, 0.05) is 0 Å². The molecule has 20 heavy (non-hydrogen) atoms. The zero-order valence-corrected chi connectivity index (χ0v) is 11.2. The lowest BCUT2D eigenvalue weighted by atomic mass is 10.1. The highest BCUT2D eigenvalue weighted by Crippen LogP contribution is 2.29. The average Bonchev–Trinajstić information content (AvgIpc) is 2.42. The fourth-order valence-corrected chi connectivity index (χ4v) is 2.12. The Morgan fingerprint density at radius 2 is 1.75 bits per heavy atom. The van der Waals surface area contributed by atoms with E-state index in [4.69, 9.17) is 4.42 Å². The number of aryl methyl sites for hydroxylation is 2. The number of benzene rings is 2. The second-order valence-corrected chi connectivity index (χ2v) is 4.84. The zero-order chi connectivity index (χ0) is 14.3. The van der Waals surface area contributed by atoms with E-state index in [0.29, 0.717) is 16.5 Å². The van der Waals surface area contributed by atoms with Crippen LogP contribution in [0.5, 0.6) is 5.75 Å². The zero-order valence-electron chi connectivity index (χ0n) is 11.2. The second kappa shape index (κ2) is 4.49. The third-order valence-electron chi connectivity index (χ3n) is 3.16. The van der Waals surface area contributed by atoms with Gasteiger partial charge in [-0.15, -0.1) is 0 Å². The Morgan fingerprint density at radius 1 is 1.05 bits per heavy atom. The van der Waals surface area contributed by atoms with Crippen LogP contribution in [0.2, 0.25) is 0 Å². The molecule has 100 valence electrons. The maximum absolute atomic E-state index is 12.1. The van der Waals surface area contributed by atoms with E-state index in [-0.39, 0.29) is 17.2 Å². The van der Waals surface area contributed by atoms with Crippen molar-refractivity contribution in [1.29, 1.82) is 0 Å². The predicted octanol–water partition coefficient (Wildman–Crippen LogP) is 3.18. The van der Waals surface area contributed by atoms with Crippen LogP contribution in [0.15, 0.2) is 45.6 Å². The first kappa shape index (κ1) is 12.4. The molecule has 0 fully saturated rings. The Hall–Kier alpha value is -2.62. The third kappa shape index (κ3) is 2.05. The van der Waals surface area contributed by atoms with Crippen molar-refractivity contribution < 1.29 is 9.52 Å². The largest absolute Gasteiger partial charge is 0.507 e. The van der Waals surface area contributed by atoms with Crippen LogP contribution in [0.3, 0.4) is 0 Å². The maximum Gasteiger partial charge on any atom is 0.284 e. The SMILES string of the molecule is Cc1ccc(O)c(-c2nc(=O)c3cc(C)ccc3o2)c1. The molecular formula is C16H13NO3. The van der Waals surface area contributed by atoms with Gasteiger partial charge in [0.25, 0.3) is 5.56 Å². The van der Waals surface area contributed by atoms with Gasteiger partial charge in [0.05, 0.1) is 10.9 Å². The molecule has 0 saturated carbocycles. The summed E-state index contributed by atoms with van der Waals surface area (Å²) in [6.07, 6.45) is 0. The summed E-state index contributed by atoms with van der Waals surface area (Å²) in [4.78, 5) is 16.0. The van der Waals surface area contributed by atoms with Gasteiger partial charge in [-0.2, -0.15) is 4.98 Å². The Balaban J connectivity index is 2.30. The molecule has 4 heteroatoms. The number of aromatic nitrogens is 1. The molecule has 1 aromatic heterocycles. The van der Waals surface area contributed by atoms with Crippen LogP contribution in [0.1, 0.15) is 11.1 Å². The second-order valence-electron chi connectivity index (χ2n) is 4.84. The van der Waals surface area contributed by atoms with Crippen LogP contribution in [0.25, 0.3) is 22.4 Å². The van der Waals surface area contributed by atoms with E-state index in [0.717, 1.165) is 11.1 Å². The smallest absolute Gasteiger partial charge is 0.284 e. The molecule has 3 aromatic rings. The number of aromatic hydroxyl groups is 1. The van der Waals surface area contributed by atoms with E-state index >= 15 is 0 Å². The molecule has 0 saturated heterocycles. The number of fused-ring (bicyclic) bond motifs is 1. The third-order valence-corrected chi connectivity index (χ3v) is 3.16. The van der Waals surface area contributed by atoms with Gasteiger partial charge >= 0.3 is 0 Å². The minimum atomic E-state index is -0.356. The Bertz CT molecular complexity index is 865. The van der Waals surface area contributed by atoms with Gasteiger partial charge < -0.3 is 9.52 Å². The molecule has 2 aromatic carbocycles. The van der Waals surface area contributed by atoms with Crippen molar-refractivity contribution >= 4 is 11.0 Å². The lowest BCUT2D eigenvalue weighted by molar-refractivity contribution is 0.473. The summed E-state index contributed by atoms with van der Waals surface area (Å²) in [6, 6.07) is 10.4. The van der Waals surface area contributed by atoms with Gasteiger partial charge in [0.15, 0.2) is 0 Å². The molecule has 0 aliphatic heterocycles. The normalized spacial score (nSPS) is 10.9. The van der Waals surface area contributed by atoms with Crippen LogP contribution in [0.4, 0.5) is 0 Å². The van der Waals surface area contributed by atoms with E-state index in [2.05, 4.69) is 4.98 Å². The number of phenols is 1. The summed E-state index contributed by atoms with van der Waals surface area (Å²) < 4.78 is 5.65. The number of phenolic OH excluding ortho intramolecular Hbond substituents is 1. The molecule has 0 aliphatic carbocycles. The first-order chi connectivity index (χ1) is 9.54. The summed E-state index contributed by atoms with van der Waals surface area (Å²) in [6.45, 7) is 3.80. The van der Waals surface area contributed by atoms with Crippen LogP contribution in [-0.4, -0.2) is 10.1 Å². The van der Waals surface area contributed by atoms with E-state index in [1.807, 2.05) is 19.9 Å². The van der Waals surface area contributed by atoms with Gasteiger partial charge in [-0.25, -0.2) is 0 Å². The minimum absolute atomic E-state index is 0.0395. The highest BCUT2D eigenvalue weighted by molar-refractivity contribution is 5.78. The standard InChI is InChI=1S/C16H13NO3/c1-9-3-5-13(18)11(7-9)16-17-15(19)12-8-10(2)4-6-14(12)20-16/h3-8,18H,1-2H3. The van der Waals surface area contributed by atoms with Gasteiger partial charge in [-0.05, 0) is 38.1 Å². The maximum atomic E-state index is 12.1. The Kier molecular flexibility index (Phi) is 2.79. The van der Waals surface area contributed by atoms with E-state index in [1.165, 1.54) is 0 Å². The highest BCUT2D eigenvalue weighted by Gasteiger charge is 2.12. The van der Waals surface area contributed by atoms with Crippen LogP contribution in [0, 0.1) is 13.8 Å². The summed E-state index contributed by atoms with van der Waals surface area (Å²) >= 11 is 0. The molecule has 0 amide bonds. The van der Waals surface area contributed by atoms with Crippen molar-refractivity contribution in [3.63, 3.8) is 0 Å². The highest BCUT2D eigenvalue weighted by atomic mass is 16.3. The molecule has 0 aliphatic rings. The number of rotatable bonds is 1. The first-order valence-corrected chi connectivity index (χ1v) is 6.26. The molecule has 0 spiro atoms. The van der Waals surface area contributed by atoms with Crippen molar-refractivity contribution in [2.24, 2.45) is 0 Å². The Labute approximate surface area is 115 Å². The van der Waals surface area contributed by atoms with Crippen LogP contribution >= 0.6 is 0 Å². The average molecular weight is 267 g/mol. The number of hydrogen-bond acceptors (Lipinski definition) is 4. The quantitative estimate of drug-likeness (QED) is 0.735. The summed E-state index contributed by atoms with van der Waals surface area (Å²) in [5.41, 5.74) is 2.45. The molecule has 0 bridgehead atoms. The Morgan fingerprint density at radius 3 is 2.55 bits per heavy atom. The van der Waals surface area contributed by atoms with Gasteiger partial charge in [0.1, 0.15) is 11.3 Å². The summed E-state index contributed by atoms with van der Waals surface area (Å²) in [5, 5.41) is 10.3. The molecule has 1 heterocycles.